The lowest BCUT2D eigenvalue weighted by Crippen LogP contribution is -2.42. The summed E-state index contributed by atoms with van der Waals surface area (Å²) in [6.07, 6.45) is 3.10. The van der Waals surface area contributed by atoms with Gasteiger partial charge in [-0.25, -0.2) is 0 Å². The van der Waals surface area contributed by atoms with Crippen LogP contribution in [0.5, 0.6) is 0 Å². The molecule has 0 spiro atoms. The molecule has 2 aromatic rings. The first-order valence-electron chi connectivity index (χ1n) is 7.50. The molecule has 24 heavy (non-hydrogen) atoms. The van der Waals surface area contributed by atoms with Crippen LogP contribution in [0.2, 0.25) is 0 Å². The quantitative estimate of drug-likeness (QED) is 0.372. The van der Waals surface area contributed by atoms with Crippen molar-refractivity contribution >= 4 is 25.2 Å². The molecule has 0 radical (unpaired) electrons. The molecule has 1 heterocycles. The molecule has 0 bridgehead atoms. The summed E-state index contributed by atoms with van der Waals surface area (Å²) in [5.41, 5.74) is -2.51. The number of epoxide rings is 1. The fraction of sp³-hybridized carbons (Fsp3) is 0.158. The van der Waals surface area contributed by atoms with Crippen molar-refractivity contribution in [3.05, 3.63) is 95.3 Å². The van der Waals surface area contributed by atoms with Gasteiger partial charge in [0.15, 0.2) is 0 Å². The molecule has 1 aliphatic heterocycles. The molecule has 1 fully saturated rings. The molecule has 1 nitrogen and oxygen atoms in total. The maximum absolute atomic E-state index is 14.4. The normalized spacial score (nSPS) is 28.3. The predicted molar refractivity (Wildman–Crippen MR) is 97.1 cm³/mol. The lowest BCUT2D eigenvalue weighted by atomic mass is 9.73. The molecule has 0 aromatic heterocycles. The summed E-state index contributed by atoms with van der Waals surface area (Å²) in [7, 11) is 1.64. The Hall–Kier alpha value is -1.51. The van der Waals surface area contributed by atoms with Crippen LogP contribution >= 0.6 is 25.2 Å². The molecule has 0 N–H and O–H groups in total. The molecule has 0 amide bonds. The van der Waals surface area contributed by atoms with Crippen LogP contribution in [-0.2, 0) is 14.7 Å². The molecule has 122 valence electrons. The molecule has 2 aromatic carbocycles. The van der Waals surface area contributed by atoms with Crippen LogP contribution in [0.3, 0.4) is 0 Å². The third-order valence-corrected chi connectivity index (χ3v) is 6.29. The summed E-state index contributed by atoms with van der Waals surface area (Å²) in [4.78, 5) is 0. The third-order valence-electron chi connectivity index (χ3n) is 4.54. The highest BCUT2D eigenvalue weighted by atomic mass is 79.9. The van der Waals surface area contributed by atoms with Crippen molar-refractivity contribution in [2.75, 3.05) is 0 Å². The van der Waals surface area contributed by atoms with Crippen molar-refractivity contribution in [1.82, 2.24) is 0 Å². The summed E-state index contributed by atoms with van der Waals surface area (Å²) in [5.74, 6) is 0.687. The first kappa shape index (κ1) is 16.0. The van der Waals surface area contributed by atoms with Crippen LogP contribution in [0, 0.1) is 0 Å². The number of hydrogen-bond donors (Lipinski definition) is 0. The molecular weight excluding hydrogens is 393 g/mol. The van der Waals surface area contributed by atoms with Gasteiger partial charge in [0.25, 0.3) is 5.66 Å². The minimum atomic E-state index is -3.07. The van der Waals surface area contributed by atoms with Crippen molar-refractivity contribution in [2.24, 2.45) is 0 Å². The van der Waals surface area contributed by atoms with E-state index < -0.39 is 15.6 Å². The zero-order valence-electron chi connectivity index (χ0n) is 12.5. The van der Waals surface area contributed by atoms with Crippen molar-refractivity contribution in [3.63, 3.8) is 0 Å². The van der Waals surface area contributed by atoms with Gasteiger partial charge >= 0.3 is 0 Å². The monoisotopic (exact) mass is 406 g/mol. The molecule has 2 aliphatic rings. The Morgan fingerprint density at radius 3 is 1.96 bits per heavy atom. The largest absolute Gasteiger partial charge is 0.472 e. The van der Waals surface area contributed by atoms with E-state index in [0.717, 1.165) is 11.1 Å². The van der Waals surface area contributed by atoms with Crippen LogP contribution in [0.1, 0.15) is 11.1 Å². The number of fused-ring (bicyclic) bond motifs is 1. The van der Waals surface area contributed by atoms with Crippen molar-refractivity contribution in [3.8, 4) is 0 Å². The van der Waals surface area contributed by atoms with Crippen molar-refractivity contribution < 1.29 is 13.5 Å². The van der Waals surface area contributed by atoms with Crippen LogP contribution in [-0.4, -0.2) is 5.66 Å². The zero-order chi connectivity index (χ0) is 17.0. The molecule has 4 rings (SSSR count). The van der Waals surface area contributed by atoms with E-state index in [1.165, 1.54) is 6.08 Å². The van der Waals surface area contributed by atoms with E-state index in [1.54, 1.807) is 15.3 Å². The average Bonchev–Trinajstić information content (AvgIpc) is 3.33. The molecule has 3 unspecified atom stereocenters. The van der Waals surface area contributed by atoms with Gasteiger partial charge in [-0.15, -0.1) is 0 Å². The number of allylic oxidation sites excluding steroid dienone is 2. The van der Waals surface area contributed by atoms with Gasteiger partial charge < -0.3 is 4.74 Å². The Morgan fingerprint density at radius 2 is 1.42 bits per heavy atom. The highest BCUT2D eigenvalue weighted by Crippen LogP contribution is 2.71. The van der Waals surface area contributed by atoms with Gasteiger partial charge in [0.1, 0.15) is 10.1 Å². The van der Waals surface area contributed by atoms with Crippen LogP contribution in [0.15, 0.2) is 84.1 Å². The number of ether oxygens (including phenoxy) is 1. The van der Waals surface area contributed by atoms with Crippen molar-refractivity contribution in [2.45, 2.75) is 15.6 Å². The van der Waals surface area contributed by atoms with E-state index in [0.29, 0.717) is 5.76 Å². The van der Waals surface area contributed by atoms with Crippen molar-refractivity contribution in [1.29, 1.82) is 0 Å². The Morgan fingerprint density at radius 1 is 0.875 bits per heavy atom. The van der Waals surface area contributed by atoms with Gasteiger partial charge in [0, 0.05) is 11.1 Å². The summed E-state index contributed by atoms with van der Waals surface area (Å²) in [6, 6.07) is 18.7. The summed E-state index contributed by atoms with van der Waals surface area (Å²) >= 11 is 3.68. The molecule has 1 saturated heterocycles. The molecule has 1 aliphatic carbocycles. The summed E-state index contributed by atoms with van der Waals surface area (Å²) in [5, 5.41) is 0. The van der Waals surface area contributed by atoms with Crippen LogP contribution in [0.25, 0.3) is 0 Å². The molecule has 3 atom stereocenters. The first-order chi connectivity index (χ1) is 11.4. The van der Waals surface area contributed by atoms with E-state index in [-0.39, 0.29) is 5.57 Å². The van der Waals surface area contributed by atoms with Gasteiger partial charge in [0.05, 0.1) is 0 Å². The fourth-order valence-electron chi connectivity index (χ4n) is 3.43. The maximum Gasteiger partial charge on any atom is 0.282 e. The Balaban J connectivity index is 2.00. The number of benzene rings is 2. The maximum atomic E-state index is 14.4. The summed E-state index contributed by atoms with van der Waals surface area (Å²) in [6.45, 7) is 0. The molecule has 0 saturated carbocycles. The van der Waals surface area contributed by atoms with Crippen LogP contribution < -0.4 is 0 Å². The smallest absolute Gasteiger partial charge is 0.282 e. The number of halogens is 3. The Bertz CT molecular complexity index is 845. The van der Waals surface area contributed by atoms with Crippen LogP contribution in [0.4, 0.5) is 8.78 Å². The highest BCUT2D eigenvalue weighted by Gasteiger charge is 2.72. The predicted octanol–water partition coefficient (Wildman–Crippen LogP) is 5.49. The number of hydrogen-bond acceptors (Lipinski definition) is 1. The third kappa shape index (κ3) is 2.06. The Labute approximate surface area is 149 Å². The average molecular weight is 407 g/mol. The minimum absolute atomic E-state index is 0.0451. The van der Waals surface area contributed by atoms with Gasteiger partial charge in [-0.3, -0.25) is 0 Å². The number of alkyl halides is 3. The second-order valence-electron chi connectivity index (χ2n) is 5.91. The standard InChI is InChI=1S/C19H14BrF2OP/c20-17(13-7-3-1-4-8-13)15(19(21,22)24)11-12-16-18(17,23-16)14-9-5-2-6-10-14/h1-12H,24H2. The second kappa shape index (κ2) is 5.24. The van der Waals surface area contributed by atoms with Gasteiger partial charge in [-0.05, 0) is 11.6 Å². The lowest BCUT2D eigenvalue weighted by molar-refractivity contribution is 0.123. The van der Waals surface area contributed by atoms with E-state index in [9.17, 15) is 8.78 Å². The summed E-state index contributed by atoms with van der Waals surface area (Å²) < 4.78 is 33.7. The molecular formula is C19H14BrF2OP. The fourth-order valence-corrected chi connectivity index (χ4v) is 5.12. The first-order valence-corrected chi connectivity index (χ1v) is 8.87. The lowest BCUT2D eigenvalue weighted by Gasteiger charge is -2.38. The van der Waals surface area contributed by atoms with Gasteiger partial charge in [-0.1, -0.05) is 91.9 Å². The number of rotatable bonds is 3. The van der Waals surface area contributed by atoms with E-state index >= 15 is 0 Å². The highest BCUT2D eigenvalue weighted by molar-refractivity contribution is 9.09. The van der Waals surface area contributed by atoms with E-state index in [2.05, 4.69) is 15.9 Å². The van der Waals surface area contributed by atoms with E-state index in [4.69, 9.17) is 4.74 Å². The Kier molecular flexibility index (Phi) is 3.49. The topological polar surface area (TPSA) is 12.5 Å². The van der Waals surface area contributed by atoms with Gasteiger partial charge in [0.2, 0.25) is 5.60 Å². The minimum Gasteiger partial charge on any atom is -0.472 e. The molecule has 5 heteroatoms. The zero-order valence-corrected chi connectivity index (χ0v) is 15.3. The second-order valence-corrected chi connectivity index (χ2v) is 7.82. The van der Waals surface area contributed by atoms with E-state index in [1.807, 2.05) is 60.7 Å². The SMILES string of the molecule is FC(F)(P)C1=CC=C2OC2(c2ccccc2)C1(Br)c1ccccc1. The van der Waals surface area contributed by atoms with Gasteiger partial charge in [-0.2, -0.15) is 8.78 Å².